The third kappa shape index (κ3) is 14.7. The van der Waals surface area contributed by atoms with Crippen molar-refractivity contribution in [3.63, 3.8) is 0 Å². The van der Waals surface area contributed by atoms with Crippen LogP contribution in [0.25, 0.3) is 0 Å². The van der Waals surface area contributed by atoms with Crippen LogP contribution in [0.2, 0.25) is 48.4 Å². The van der Waals surface area contributed by atoms with Gasteiger partial charge in [0.2, 0.25) is 0 Å². The molecule has 0 aromatic carbocycles. The van der Waals surface area contributed by atoms with Gasteiger partial charge in [0.05, 0.1) is 16.1 Å². The zero-order valence-electron chi connectivity index (χ0n) is 23.1. The van der Waals surface area contributed by atoms with Gasteiger partial charge in [-0.3, -0.25) is 4.99 Å². The van der Waals surface area contributed by atoms with Gasteiger partial charge >= 0.3 is 0 Å². The minimum atomic E-state index is -1.06. The van der Waals surface area contributed by atoms with Crippen molar-refractivity contribution in [2.24, 2.45) is 4.99 Å². The second-order valence-electron chi connectivity index (χ2n) is 10.2. The smallest absolute Gasteiger partial charge is 0.0571 e. The van der Waals surface area contributed by atoms with Gasteiger partial charge in [-0.25, -0.2) is 0 Å². The summed E-state index contributed by atoms with van der Waals surface area (Å²) in [6.07, 6.45) is 24.1. The molecule has 32 heavy (non-hydrogen) atoms. The Bertz CT molecular complexity index is 487. The lowest BCUT2D eigenvalue weighted by atomic mass is 10.1. The second kappa shape index (κ2) is 21.1. The first-order chi connectivity index (χ1) is 15.6. The van der Waals surface area contributed by atoms with E-state index >= 15 is 0 Å². The second-order valence-corrected chi connectivity index (χ2v) is 20.8. The van der Waals surface area contributed by atoms with Crippen molar-refractivity contribution in [2.75, 3.05) is 6.54 Å². The maximum absolute atomic E-state index is 4.72. The maximum Gasteiger partial charge on any atom is 0.0571 e. The van der Waals surface area contributed by atoms with Gasteiger partial charge in [0.15, 0.2) is 0 Å². The third-order valence-electron chi connectivity index (χ3n) is 8.25. The van der Waals surface area contributed by atoms with E-state index in [1.165, 1.54) is 100 Å². The lowest BCUT2D eigenvalue weighted by Gasteiger charge is -2.28. The lowest BCUT2D eigenvalue weighted by Crippen LogP contribution is -2.31. The molecule has 0 aliphatic carbocycles. The molecule has 0 fully saturated rings. The van der Waals surface area contributed by atoms with Crippen LogP contribution >= 0.6 is 0 Å². The molecule has 0 saturated heterocycles. The quantitative estimate of drug-likeness (QED) is 0.0636. The predicted molar refractivity (Wildman–Crippen MR) is 157 cm³/mol. The lowest BCUT2D eigenvalue weighted by molar-refractivity contribution is 0.577. The number of nitrogens with zero attached hydrogens (tertiary/aromatic N) is 1. The van der Waals surface area contributed by atoms with Crippen LogP contribution < -0.4 is 0 Å². The molecule has 1 nitrogen and oxygen atoms in total. The van der Waals surface area contributed by atoms with Crippen LogP contribution in [0.15, 0.2) is 29.3 Å². The van der Waals surface area contributed by atoms with Crippen LogP contribution in [0.5, 0.6) is 0 Å². The molecule has 0 spiro atoms. The minimum Gasteiger partial charge on any atom is -0.298 e. The fourth-order valence-corrected chi connectivity index (χ4v) is 12.2. The highest BCUT2D eigenvalue weighted by Crippen LogP contribution is 2.29. The molecule has 0 aromatic heterocycles. The summed E-state index contributed by atoms with van der Waals surface area (Å²) in [6.45, 7) is 15.1. The van der Waals surface area contributed by atoms with Crippen LogP contribution in [0, 0.1) is 0 Å². The molecule has 0 saturated carbocycles. The molecule has 0 amide bonds. The monoisotopic (exact) mass is 477 g/mol. The molecule has 0 radical (unpaired) electrons. The Morgan fingerprint density at radius 1 is 0.562 bits per heavy atom. The van der Waals surface area contributed by atoms with E-state index in [-0.39, 0.29) is 0 Å². The Morgan fingerprint density at radius 2 is 1.00 bits per heavy atom. The number of hydrogen-bond acceptors (Lipinski definition) is 1. The molecule has 3 heteroatoms. The first-order valence-electron chi connectivity index (χ1n) is 14.3. The molecule has 0 unspecified atom stereocenters. The molecule has 188 valence electrons. The summed E-state index contributed by atoms with van der Waals surface area (Å²) in [4.78, 5) is 4.72. The van der Waals surface area contributed by atoms with E-state index < -0.39 is 16.1 Å². The summed E-state index contributed by atoms with van der Waals surface area (Å²) in [7, 11) is -2.05. The largest absolute Gasteiger partial charge is 0.298 e. The van der Waals surface area contributed by atoms with E-state index in [1.54, 1.807) is 6.04 Å². The Hall–Kier alpha value is -0.416. The maximum atomic E-state index is 4.72. The molecule has 0 aliphatic heterocycles. The normalized spacial score (nSPS) is 13.3. The fraction of sp³-hybridized carbons (Fsp3) is 0.828. The highest BCUT2D eigenvalue weighted by molar-refractivity contribution is 6.80. The number of aliphatic imine (C=N–C) groups is 1. The van der Waals surface area contributed by atoms with Crippen molar-refractivity contribution in [1.82, 2.24) is 0 Å². The van der Waals surface area contributed by atoms with Crippen molar-refractivity contribution in [1.29, 1.82) is 0 Å². The molecular formula is C29H59NSi2. The van der Waals surface area contributed by atoms with E-state index in [4.69, 9.17) is 4.99 Å². The van der Waals surface area contributed by atoms with Crippen LogP contribution in [0.3, 0.4) is 0 Å². The molecular weight excluding hydrogens is 418 g/mol. The average molecular weight is 478 g/mol. The van der Waals surface area contributed by atoms with Gasteiger partial charge in [0.1, 0.15) is 0 Å². The van der Waals surface area contributed by atoms with Gasteiger partial charge in [-0.1, -0.05) is 133 Å². The van der Waals surface area contributed by atoms with Crippen molar-refractivity contribution in [2.45, 2.75) is 148 Å². The summed E-state index contributed by atoms with van der Waals surface area (Å²) in [5.41, 5.74) is 0. The SMILES string of the molecule is C/C=C/C[Si](CC)(CC)CCC=NCCCCCCCCCC[Si](CC)(CC)C/C=C/C. The van der Waals surface area contributed by atoms with Gasteiger partial charge in [-0.2, -0.15) is 0 Å². The summed E-state index contributed by atoms with van der Waals surface area (Å²) in [6, 6.07) is 11.5. The van der Waals surface area contributed by atoms with E-state index in [0.29, 0.717) is 0 Å². The molecule has 0 bridgehead atoms. The summed E-state index contributed by atoms with van der Waals surface area (Å²) < 4.78 is 0. The van der Waals surface area contributed by atoms with Crippen molar-refractivity contribution < 1.29 is 0 Å². The zero-order chi connectivity index (χ0) is 24.0. The summed E-state index contributed by atoms with van der Waals surface area (Å²) >= 11 is 0. The first kappa shape index (κ1) is 31.6. The van der Waals surface area contributed by atoms with Gasteiger partial charge in [0, 0.05) is 6.54 Å². The van der Waals surface area contributed by atoms with Crippen molar-refractivity contribution >= 4 is 22.4 Å². The number of allylic oxidation sites excluding steroid dienone is 4. The Morgan fingerprint density at radius 3 is 1.47 bits per heavy atom. The van der Waals surface area contributed by atoms with Crippen molar-refractivity contribution in [3.8, 4) is 0 Å². The highest BCUT2D eigenvalue weighted by atomic mass is 28.3. The van der Waals surface area contributed by atoms with Crippen LogP contribution in [0.4, 0.5) is 0 Å². The number of unbranched alkanes of at least 4 members (excludes halogenated alkanes) is 7. The Balaban J connectivity index is 3.74. The molecule has 0 heterocycles. The van der Waals surface area contributed by atoms with Crippen LogP contribution in [-0.2, 0) is 0 Å². The van der Waals surface area contributed by atoms with Gasteiger partial charge < -0.3 is 0 Å². The predicted octanol–water partition coefficient (Wildman–Crippen LogP) is 10.7. The fourth-order valence-electron chi connectivity index (χ4n) is 5.04. The summed E-state index contributed by atoms with van der Waals surface area (Å²) in [5.74, 6) is 0. The first-order valence-corrected chi connectivity index (χ1v) is 19.9. The van der Waals surface area contributed by atoms with E-state index in [2.05, 4.69) is 72.1 Å². The average Bonchev–Trinajstić information content (AvgIpc) is 2.83. The topological polar surface area (TPSA) is 12.4 Å². The van der Waals surface area contributed by atoms with E-state index in [0.717, 1.165) is 6.54 Å². The Kier molecular flexibility index (Phi) is 20.9. The highest BCUT2D eigenvalue weighted by Gasteiger charge is 2.27. The van der Waals surface area contributed by atoms with Crippen molar-refractivity contribution in [3.05, 3.63) is 24.3 Å². The van der Waals surface area contributed by atoms with Gasteiger partial charge in [0.25, 0.3) is 0 Å². The zero-order valence-corrected chi connectivity index (χ0v) is 25.1. The summed E-state index contributed by atoms with van der Waals surface area (Å²) in [5, 5.41) is 0. The molecule has 0 N–H and O–H groups in total. The number of rotatable bonds is 22. The molecule has 0 aliphatic rings. The van der Waals surface area contributed by atoms with E-state index in [9.17, 15) is 0 Å². The molecule has 0 aromatic rings. The number of hydrogen-bond donors (Lipinski definition) is 0. The van der Waals surface area contributed by atoms with Crippen LogP contribution in [0.1, 0.15) is 99.3 Å². The molecule has 0 atom stereocenters. The van der Waals surface area contributed by atoms with Crippen LogP contribution in [-0.4, -0.2) is 28.9 Å². The Labute approximate surface area is 205 Å². The van der Waals surface area contributed by atoms with Gasteiger partial charge in [-0.15, -0.1) is 0 Å². The third-order valence-corrected chi connectivity index (χ3v) is 19.2. The minimum absolute atomic E-state index is 0.987. The van der Waals surface area contributed by atoms with E-state index in [1.807, 2.05) is 0 Å². The standard InChI is InChI=1S/C29H59NSi2/c1-7-13-26-31(9-3,10-4)28-22-20-18-16-15-17-19-21-24-30-25-23-29-32(11-5,12-6)27-14-8-2/h7-8,13-14,25H,9-12,15-24,26-29H2,1-6H3/b13-7+,14-8+,30-25?. The van der Waals surface area contributed by atoms with Gasteiger partial charge in [-0.05, 0) is 45.0 Å². The molecule has 0 rings (SSSR count).